The van der Waals surface area contributed by atoms with Crippen LogP contribution in [-0.4, -0.2) is 48.0 Å². The third-order valence-electron chi connectivity index (χ3n) is 5.06. The highest BCUT2D eigenvalue weighted by atomic mass is 16.5. The number of oxazole rings is 1. The maximum absolute atomic E-state index is 13.3. The van der Waals surface area contributed by atoms with Crippen molar-refractivity contribution in [2.24, 2.45) is 0 Å². The lowest BCUT2D eigenvalue weighted by Crippen LogP contribution is -2.38. The topological polar surface area (TPSA) is 93.9 Å². The molecule has 2 rings (SSSR count). The van der Waals surface area contributed by atoms with Crippen molar-refractivity contribution in [3.05, 3.63) is 41.6 Å². The molecule has 30 heavy (non-hydrogen) atoms. The molecule has 0 aliphatic carbocycles. The highest BCUT2D eigenvalue weighted by Gasteiger charge is 2.25. The van der Waals surface area contributed by atoms with Crippen LogP contribution in [0.2, 0.25) is 0 Å². The van der Waals surface area contributed by atoms with Crippen LogP contribution in [0.3, 0.4) is 0 Å². The van der Waals surface area contributed by atoms with Crippen LogP contribution >= 0.6 is 0 Å². The maximum Gasteiger partial charge on any atom is 0.273 e. The van der Waals surface area contributed by atoms with Gasteiger partial charge in [0.1, 0.15) is 17.8 Å². The van der Waals surface area contributed by atoms with E-state index in [4.69, 9.17) is 13.9 Å². The van der Waals surface area contributed by atoms with E-state index in [1.807, 2.05) is 27.7 Å². The number of nitrogens with zero attached hydrogens (tertiary/aromatic N) is 2. The first-order valence-corrected chi connectivity index (χ1v) is 10.1. The number of hydrogen-bond acceptors (Lipinski definition) is 6. The van der Waals surface area contributed by atoms with Crippen LogP contribution in [0.1, 0.15) is 67.3 Å². The quantitative estimate of drug-likeness (QED) is 0.634. The molecule has 164 valence electrons. The summed E-state index contributed by atoms with van der Waals surface area (Å²) in [5.74, 6) is 0.861. The number of hydrogen-bond donors (Lipinski definition) is 1. The minimum atomic E-state index is -0.293. The van der Waals surface area contributed by atoms with Gasteiger partial charge in [0.15, 0.2) is 5.69 Å². The number of carbonyl (C=O) groups excluding carboxylic acids is 2. The molecule has 0 aliphatic heterocycles. The average Bonchev–Trinajstić information content (AvgIpc) is 3.24. The zero-order valence-electron chi connectivity index (χ0n) is 18.5. The van der Waals surface area contributed by atoms with Gasteiger partial charge >= 0.3 is 0 Å². The highest BCUT2D eigenvalue weighted by Crippen LogP contribution is 2.25. The third-order valence-corrected chi connectivity index (χ3v) is 5.06. The van der Waals surface area contributed by atoms with Gasteiger partial charge in [-0.05, 0) is 38.8 Å². The molecular formula is C22H31N3O5. The number of carbonyl (C=O) groups is 2. The zero-order chi connectivity index (χ0) is 22.3. The van der Waals surface area contributed by atoms with E-state index in [1.54, 1.807) is 23.1 Å². The predicted molar refractivity (Wildman–Crippen MR) is 113 cm³/mol. The Balaban J connectivity index is 2.25. The van der Waals surface area contributed by atoms with Crippen LogP contribution in [0.5, 0.6) is 11.5 Å². The lowest BCUT2D eigenvalue weighted by molar-refractivity contribution is 0.0651. The van der Waals surface area contributed by atoms with E-state index in [-0.39, 0.29) is 36.1 Å². The Kier molecular flexibility index (Phi) is 8.26. The Bertz CT molecular complexity index is 842. The van der Waals surface area contributed by atoms with Gasteiger partial charge in [-0.15, -0.1) is 0 Å². The maximum atomic E-state index is 13.3. The van der Waals surface area contributed by atoms with Gasteiger partial charge in [-0.3, -0.25) is 9.59 Å². The molecule has 1 aromatic heterocycles. The molecule has 2 atom stereocenters. The Labute approximate surface area is 177 Å². The molecule has 1 heterocycles. The molecule has 0 saturated heterocycles. The molecule has 0 saturated carbocycles. The zero-order valence-corrected chi connectivity index (χ0v) is 18.5. The first-order chi connectivity index (χ1) is 14.3. The van der Waals surface area contributed by atoms with E-state index < -0.39 is 0 Å². The smallest absolute Gasteiger partial charge is 0.273 e. The Morgan fingerprint density at radius 2 is 1.73 bits per heavy atom. The van der Waals surface area contributed by atoms with E-state index in [0.717, 1.165) is 12.8 Å². The van der Waals surface area contributed by atoms with E-state index in [2.05, 4.69) is 10.3 Å². The van der Waals surface area contributed by atoms with Crippen molar-refractivity contribution < 1.29 is 23.5 Å². The Hall–Kier alpha value is -3.03. The first kappa shape index (κ1) is 23.3. The molecule has 2 amide bonds. The van der Waals surface area contributed by atoms with E-state index in [9.17, 15) is 9.59 Å². The van der Waals surface area contributed by atoms with Crippen molar-refractivity contribution in [1.82, 2.24) is 15.2 Å². The van der Waals surface area contributed by atoms with Gasteiger partial charge in [0.25, 0.3) is 11.8 Å². The van der Waals surface area contributed by atoms with Gasteiger partial charge in [-0.2, -0.15) is 0 Å². The normalized spacial score (nSPS) is 12.7. The molecule has 1 N–H and O–H groups in total. The second-order valence-corrected chi connectivity index (χ2v) is 7.20. The molecule has 0 aliphatic rings. The molecule has 0 unspecified atom stereocenters. The molecule has 1 aromatic carbocycles. The summed E-state index contributed by atoms with van der Waals surface area (Å²) in [6, 6.07) is 5.01. The van der Waals surface area contributed by atoms with Crippen LogP contribution in [-0.2, 0) is 6.54 Å². The number of nitrogens with one attached hydrogen (secondary N) is 1. The number of aromatic nitrogens is 1. The number of rotatable bonds is 10. The van der Waals surface area contributed by atoms with Gasteiger partial charge < -0.3 is 24.1 Å². The highest BCUT2D eigenvalue weighted by molar-refractivity contribution is 5.95. The second kappa shape index (κ2) is 10.7. The summed E-state index contributed by atoms with van der Waals surface area (Å²) >= 11 is 0. The second-order valence-electron chi connectivity index (χ2n) is 7.20. The van der Waals surface area contributed by atoms with Crippen LogP contribution in [0.25, 0.3) is 0 Å². The van der Waals surface area contributed by atoms with Gasteiger partial charge in [-0.1, -0.05) is 13.8 Å². The predicted octanol–water partition coefficient (Wildman–Crippen LogP) is 3.66. The molecule has 8 nitrogen and oxygen atoms in total. The molecule has 2 aromatic rings. The summed E-state index contributed by atoms with van der Waals surface area (Å²) < 4.78 is 16.0. The van der Waals surface area contributed by atoms with Crippen molar-refractivity contribution in [3.63, 3.8) is 0 Å². The summed E-state index contributed by atoms with van der Waals surface area (Å²) in [7, 11) is 3.07. The molecule has 0 spiro atoms. The van der Waals surface area contributed by atoms with Gasteiger partial charge in [0.05, 0.1) is 20.8 Å². The van der Waals surface area contributed by atoms with Crippen molar-refractivity contribution in [2.75, 3.05) is 14.2 Å². The molecule has 0 bridgehead atoms. The molecule has 0 radical (unpaired) electrons. The summed E-state index contributed by atoms with van der Waals surface area (Å²) in [4.78, 5) is 31.5. The number of benzene rings is 1. The summed E-state index contributed by atoms with van der Waals surface area (Å²) in [5, 5.41) is 2.85. The average molecular weight is 418 g/mol. The SMILES string of the molecule is CC[C@@H](C)N(Cc1nc(C(=O)N[C@@H](C)CC)co1)C(=O)c1cc(OC)cc(OC)c1. The lowest BCUT2D eigenvalue weighted by Gasteiger charge is -2.27. The summed E-state index contributed by atoms with van der Waals surface area (Å²) in [6.45, 7) is 8.00. The van der Waals surface area contributed by atoms with Crippen LogP contribution in [0.15, 0.2) is 28.9 Å². The van der Waals surface area contributed by atoms with Crippen molar-refractivity contribution in [1.29, 1.82) is 0 Å². The Morgan fingerprint density at radius 1 is 1.10 bits per heavy atom. The number of ether oxygens (including phenoxy) is 2. The van der Waals surface area contributed by atoms with E-state index in [0.29, 0.717) is 23.0 Å². The van der Waals surface area contributed by atoms with Crippen LogP contribution in [0, 0.1) is 0 Å². The van der Waals surface area contributed by atoms with Crippen molar-refractivity contribution in [3.8, 4) is 11.5 Å². The fourth-order valence-corrected chi connectivity index (χ4v) is 2.78. The van der Waals surface area contributed by atoms with Gasteiger partial charge in [0, 0.05) is 23.7 Å². The largest absolute Gasteiger partial charge is 0.497 e. The van der Waals surface area contributed by atoms with Gasteiger partial charge in [-0.25, -0.2) is 4.98 Å². The first-order valence-electron chi connectivity index (χ1n) is 10.1. The van der Waals surface area contributed by atoms with Crippen LogP contribution < -0.4 is 14.8 Å². The molecule has 0 fully saturated rings. The summed E-state index contributed by atoms with van der Waals surface area (Å²) in [6.07, 6.45) is 2.88. The minimum absolute atomic E-state index is 0.0406. The van der Waals surface area contributed by atoms with Crippen molar-refractivity contribution >= 4 is 11.8 Å². The van der Waals surface area contributed by atoms with Crippen molar-refractivity contribution in [2.45, 2.75) is 59.2 Å². The fourth-order valence-electron chi connectivity index (χ4n) is 2.78. The third kappa shape index (κ3) is 5.75. The summed E-state index contributed by atoms with van der Waals surface area (Å²) in [5.41, 5.74) is 0.637. The van der Waals surface area contributed by atoms with Gasteiger partial charge in [0.2, 0.25) is 5.89 Å². The number of amides is 2. The Morgan fingerprint density at radius 3 is 2.27 bits per heavy atom. The standard InChI is InChI=1S/C22H31N3O5/c1-7-14(3)23-21(26)19-13-30-20(24-19)12-25(15(4)8-2)22(27)16-9-17(28-5)11-18(10-16)29-6/h9-11,13-15H,7-8,12H2,1-6H3,(H,23,26)/t14-,15+/m0/s1. The lowest BCUT2D eigenvalue weighted by atomic mass is 10.1. The molecular weight excluding hydrogens is 386 g/mol. The monoisotopic (exact) mass is 417 g/mol. The molecule has 8 heteroatoms. The van der Waals surface area contributed by atoms with E-state index >= 15 is 0 Å². The van der Waals surface area contributed by atoms with Crippen LogP contribution in [0.4, 0.5) is 0 Å². The number of methoxy groups -OCH3 is 2. The minimum Gasteiger partial charge on any atom is -0.497 e. The fraction of sp³-hybridized carbons (Fsp3) is 0.500. The van der Waals surface area contributed by atoms with E-state index in [1.165, 1.54) is 20.5 Å².